The minimum atomic E-state index is -0.962. The minimum absolute atomic E-state index is 0.0100. The molecule has 0 fully saturated rings. The van der Waals surface area contributed by atoms with Crippen LogP contribution < -0.4 is 16.6 Å². The first kappa shape index (κ1) is 27.4. The molecule has 2 heterocycles. The number of aromatic amines is 2. The third-order valence-electron chi connectivity index (χ3n) is 5.68. The molecule has 1 aromatic carbocycles. The van der Waals surface area contributed by atoms with Crippen LogP contribution in [0.25, 0.3) is 11.0 Å². The number of nitrogens with one attached hydrogen (secondary N) is 3. The van der Waals surface area contributed by atoms with Crippen LogP contribution in [0, 0.1) is 0 Å². The molecule has 0 aliphatic carbocycles. The van der Waals surface area contributed by atoms with Gasteiger partial charge in [0.1, 0.15) is 11.7 Å². The van der Waals surface area contributed by atoms with Gasteiger partial charge in [0.15, 0.2) is 0 Å². The molecular formula is C26H33N5O6. The number of carbonyl (C=O) groups is 3. The van der Waals surface area contributed by atoms with Crippen LogP contribution in [0.2, 0.25) is 0 Å². The Morgan fingerprint density at radius 2 is 1.76 bits per heavy atom. The van der Waals surface area contributed by atoms with Crippen molar-refractivity contribution < 1.29 is 23.9 Å². The van der Waals surface area contributed by atoms with Gasteiger partial charge in [-0.25, -0.2) is 4.79 Å². The van der Waals surface area contributed by atoms with E-state index in [1.165, 1.54) is 0 Å². The quantitative estimate of drug-likeness (QED) is 0.254. The van der Waals surface area contributed by atoms with Crippen molar-refractivity contribution in [1.82, 2.24) is 20.3 Å². The van der Waals surface area contributed by atoms with Crippen molar-refractivity contribution in [3.8, 4) is 0 Å². The van der Waals surface area contributed by atoms with Gasteiger partial charge >= 0.3 is 11.9 Å². The highest BCUT2D eigenvalue weighted by Gasteiger charge is 2.24. The van der Waals surface area contributed by atoms with Gasteiger partial charge in [0.05, 0.1) is 18.6 Å². The molecule has 0 bridgehead atoms. The van der Waals surface area contributed by atoms with Gasteiger partial charge in [0, 0.05) is 18.2 Å². The van der Waals surface area contributed by atoms with Crippen molar-refractivity contribution >= 4 is 34.8 Å². The number of aromatic nitrogens is 3. The average molecular weight is 512 g/mol. The number of fused-ring (bicyclic) bond motifs is 1. The zero-order chi connectivity index (χ0) is 26.8. The van der Waals surface area contributed by atoms with Crippen molar-refractivity contribution in [2.75, 3.05) is 18.9 Å². The molecule has 37 heavy (non-hydrogen) atoms. The number of amides is 1. The van der Waals surface area contributed by atoms with Gasteiger partial charge in [-0.3, -0.25) is 19.4 Å². The lowest BCUT2D eigenvalue weighted by atomic mass is 10.0. The summed E-state index contributed by atoms with van der Waals surface area (Å²) in [6, 6.07) is 6.00. The smallest absolute Gasteiger partial charge is 0.328 e. The molecule has 0 spiro atoms. The molecule has 3 aromatic rings. The second-order valence-electron chi connectivity index (χ2n) is 8.64. The van der Waals surface area contributed by atoms with Gasteiger partial charge in [-0.2, -0.15) is 4.98 Å². The molecular weight excluding hydrogens is 478 g/mol. The zero-order valence-electron chi connectivity index (χ0n) is 21.1. The Labute approximate surface area is 214 Å². The lowest BCUT2D eigenvalue weighted by Gasteiger charge is -2.17. The van der Waals surface area contributed by atoms with Crippen molar-refractivity contribution in [3.05, 3.63) is 57.5 Å². The summed E-state index contributed by atoms with van der Waals surface area (Å²) in [5, 5.41) is 3.15. The van der Waals surface area contributed by atoms with Gasteiger partial charge in [0.2, 0.25) is 5.95 Å². The first-order valence-corrected chi connectivity index (χ1v) is 12.4. The lowest BCUT2D eigenvalue weighted by Crippen LogP contribution is -2.42. The Morgan fingerprint density at radius 3 is 2.46 bits per heavy atom. The molecule has 11 nitrogen and oxygen atoms in total. The molecule has 5 N–H and O–H groups in total. The fourth-order valence-corrected chi connectivity index (χ4v) is 3.76. The van der Waals surface area contributed by atoms with Crippen LogP contribution in [0.1, 0.15) is 61.0 Å². The summed E-state index contributed by atoms with van der Waals surface area (Å²) >= 11 is 0. The van der Waals surface area contributed by atoms with Gasteiger partial charge < -0.3 is 25.5 Å². The SMILES string of the molecule is CCCOC(=O)CCC(NC(=O)c1ccc(CCc2c[nH]c3nc(N)[nH]c(=O)c23)cc1)C(=O)OCCC. The van der Waals surface area contributed by atoms with Crippen LogP contribution in [-0.2, 0) is 31.9 Å². The van der Waals surface area contributed by atoms with E-state index in [1.54, 1.807) is 18.3 Å². The second-order valence-corrected chi connectivity index (χ2v) is 8.64. The van der Waals surface area contributed by atoms with Gasteiger partial charge in [-0.05, 0) is 55.4 Å². The summed E-state index contributed by atoms with van der Waals surface area (Å²) in [7, 11) is 0. The zero-order valence-corrected chi connectivity index (χ0v) is 21.1. The van der Waals surface area contributed by atoms with E-state index in [0.717, 1.165) is 11.1 Å². The molecule has 198 valence electrons. The second kappa shape index (κ2) is 13.2. The standard InChI is InChI=1S/C26H33N5O6/c1-3-13-36-20(32)12-11-19(25(35)37-14-4-2)29-23(33)17-8-5-16(6-9-17)7-10-18-15-28-22-21(18)24(34)31-26(27)30-22/h5-6,8-9,15,19H,3-4,7,10-14H2,1-2H3,(H,29,33)(H4,27,28,30,31,34). The van der Waals surface area contributed by atoms with Gasteiger partial charge in [0.25, 0.3) is 11.5 Å². The number of aryl methyl sites for hydroxylation is 2. The van der Waals surface area contributed by atoms with E-state index in [-0.39, 0.29) is 31.0 Å². The highest BCUT2D eigenvalue weighted by atomic mass is 16.5. The number of carbonyl (C=O) groups excluding carboxylic acids is 3. The first-order valence-electron chi connectivity index (χ1n) is 12.4. The lowest BCUT2D eigenvalue weighted by molar-refractivity contribution is -0.147. The first-order chi connectivity index (χ1) is 17.8. The highest BCUT2D eigenvalue weighted by Crippen LogP contribution is 2.16. The predicted molar refractivity (Wildman–Crippen MR) is 138 cm³/mol. The highest BCUT2D eigenvalue weighted by molar-refractivity contribution is 5.96. The van der Waals surface area contributed by atoms with Crippen LogP contribution >= 0.6 is 0 Å². The van der Waals surface area contributed by atoms with E-state index in [1.807, 2.05) is 26.0 Å². The van der Waals surface area contributed by atoms with E-state index in [4.69, 9.17) is 15.2 Å². The van der Waals surface area contributed by atoms with Crippen LogP contribution in [-0.4, -0.2) is 52.1 Å². The molecule has 0 aliphatic heterocycles. The van der Waals surface area contributed by atoms with Crippen LogP contribution in [0.4, 0.5) is 5.95 Å². The monoisotopic (exact) mass is 511 g/mol. The van der Waals surface area contributed by atoms with Gasteiger partial charge in [-0.1, -0.05) is 26.0 Å². The van der Waals surface area contributed by atoms with Crippen LogP contribution in [0.15, 0.2) is 35.3 Å². The third kappa shape index (κ3) is 7.66. The maximum absolute atomic E-state index is 12.8. The summed E-state index contributed by atoms with van der Waals surface area (Å²) in [5.41, 5.74) is 7.88. The summed E-state index contributed by atoms with van der Waals surface area (Å²) in [4.78, 5) is 59.0. The van der Waals surface area contributed by atoms with E-state index in [2.05, 4.69) is 20.3 Å². The Bertz CT molecular complexity index is 1280. The number of nitrogens with two attached hydrogens (primary N) is 1. The van der Waals surface area contributed by atoms with E-state index in [0.29, 0.717) is 48.9 Å². The van der Waals surface area contributed by atoms with E-state index < -0.39 is 23.9 Å². The minimum Gasteiger partial charge on any atom is -0.466 e. The predicted octanol–water partition coefficient (Wildman–Crippen LogP) is 2.40. The fourth-order valence-electron chi connectivity index (χ4n) is 3.76. The number of H-pyrrole nitrogens is 2. The summed E-state index contributed by atoms with van der Waals surface area (Å²) in [5.74, 6) is -1.40. The Morgan fingerprint density at radius 1 is 1.05 bits per heavy atom. The number of rotatable bonds is 13. The molecule has 0 aliphatic rings. The van der Waals surface area contributed by atoms with Crippen LogP contribution in [0.3, 0.4) is 0 Å². The maximum Gasteiger partial charge on any atom is 0.328 e. The molecule has 0 saturated carbocycles. The van der Waals surface area contributed by atoms with Crippen molar-refractivity contribution in [3.63, 3.8) is 0 Å². The molecule has 11 heteroatoms. The third-order valence-corrected chi connectivity index (χ3v) is 5.68. The Kier molecular flexibility index (Phi) is 9.82. The number of hydrogen-bond acceptors (Lipinski definition) is 8. The van der Waals surface area contributed by atoms with Gasteiger partial charge in [-0.15, -0.1) is 0 Å². The maximum atomic E-state index is 12.8. The van der Waals surface area contributed by atoms with Crippen molar-refractivity contribution in [1.29, 1.82) is 0 Å². The van der Waals surface area contributed by atoms with Crippen molar-refractivity contribution in [2.24, 2.45) is 0 Å². The largest absolute Gasteiger partial charge is 0.466 e. The molecule has 2 aromatic heterocycles. The van der Waals surface area contributed by atoms with E-state index >= 15 is 0 Å². The molecule has 1 unspecified atom stereocenters. The Hall–Kier alpha value is -4.15. The number of nitrogens with zero attached hydrogens (tertiary/aromatic N) is 1. The average Bonchev–Trinajstić information content (AvgIpc) is 3.30. The number of nitrogen functional groups attached to an aromatic ring is 1. The summed E-state index contributed by atoms with van der Waals surface area (Å²) in [6.07, 6.45) is 4.37. The topological polar surface area (TPSA) is 169 Å². The normalized spacial score (nSPS) is 11.7. The summed E-state index contributed by atoms with van der Waals surface area (Å²) < 4.78 is 10.2. The number of hydrogen-bond donors (Lipinski definition) is 4. The molecule has 0 radical (unpaired) electrons. The van der Waals surface area contributed by atoms with E-state index in [9.17, 15) is 19.2 Å². The number of esters is 2. The van der Waals surface area contributed by atoms with Crippen LogP contribution in [0.5, 0.6) is 0 Å². The fraction of sp³-hybridized carbons (Fsp3) is 0.423. The molecule has 1 atom stereocenters. The molecule has 3 rings (SSSR count). The Balaban J connectivity index is 1.61. The van der Waals surface area contributed by atoms with Crippen molar-refractivity contribution in [2.45, 2.75) is 58.4 Å². The number of anilines is 1. The number of benzene rings is 1. The molecule has 0 saturated heterocycles. The number of ether oxygens (including phenoxy) is 2. The molecule has 1 amide bonds. The summed E-state index contributed by atoms with van der Waals surface area (Å²) in [6.45, 7) is 4.30.